The van der Waals surface area contributed by atoms with E-state index in [9.17, 15) is 22.8 Å². The number of nitrogens with one attached hydrogen (secondary N) is 2. The standard InChI is InChI=1S/C24H24F3N3O2/c1-12(24(32)30(2)3)28-23(31)15-8-14(9-15)20-18-10-17(26)11-19(27)22(18)29-21(20)13-4-6-16(25)7-5-13/h4-7,10-12,14-15,29H,8-9H2,1-3H3,(H,28,31)/t12-,14?,15?/m0/s1. The molecule has 3 aromatic rings. The largest absolute Gasteiger partial charge is 0.352 e. The molecule has 0 spiro atoms. The molecule has 1 aliphatic rings. The number of benzene rings is 2. The first-order chi connectivity index (χ1) is 15.2. The highest BCUT2D eigenvalue weighted by Gasteiger charge is 2.39. The Morgan fingerprint density at radius 3 is 2.34 bits per heavy atom. The molecule has 1 aliphatic carbocycles. The molecule has 1 atom stereocenters. The van der Waals surface area contributed by atoms with Gasteiger partial charge in [0.1, 0.15) is 23.5 Å². The Morgan fingerprint density at radius 2 is 1.72 bits per heavy atom. The summed E-state index contributed by atoms with van der Waals surface area (Å²) in [5.41, 5.74) is 2.13. The number of aromatic amines is 1. The van der Waals surface area contributed by atoms with Gasteiger partial charge in [-0.05, 0) is 67.1 Å². The summed E-state index contributed by atoms with van der Waals surface area (Å²) < 4.78 is 41.9. The summed E-state index contributed by atoms with van der Waals surface area (Å²) in [6.45, 7) is 1.63. The van der Waals surface area contributed by atoms with Gasteiger partial charge in [-0.25, -0.2) is 13.2 Å². The van der Waals surface area contributed by atoms with E-state index in [2.05, 4.69) is 10.3 Å². The van der Waals surface area contributed by atoms with Gasteiger partial charge in [0, 0.05) is 31.5 Å². The van der Waals surface area contributed by atoms with Crippen LogP contribution in [0.1, 0.15) is 31.2 Å². The summed E-state index contributed by atoms with van der Waals surface area (Å²) >= 11 is 0. The third kappa shape index (κ3) is 3.97. The summed E-state index contributed by atoms with van der Waals surface area (Å²) in [4.78, 5) is 29.0. The van der Waals surface area contributed by atoms with Crippen LogP contribution in [-0.2, 0) is 9.59 Å². The second-order valence-corrected chi connectivity index (χ2v) is 8.56. The lowest BCUT2D eigenvalue weighted by Gasteiger charge is -2.35. The van der Waals surface area contributed by atoms with Crippen LogP contribution in [0.25, 0.3) is 22.2 Å². The van der Waals surface area contributed by atoms with Crippen molar-refractivity contribution >= 4 is 22.7 Å². The van der Waals surface area contributed by atoms with Crippen LogP contribution >= 0.6 is 0 Å². The van der Waals surface area contributed by atoms with Gasteiger partial charge < -0.3 is 15.2 Å². The number of fused-ring (bicyclic) bond motifs is 1. The van der Waals surface area contributed by atoms with Crippen LogP contribution < -0.4 is 5.32 Å². The van der Waals surface area contributed by atoms with Crippen molar-refractivity contribution in [2.75, 3.05) is 14.1 Å². The molecule has 168 valence electrons. The van der Waals surface area contributed by atoms with Crippen molar-refractivity contribution < 1.29 is 22.8 Å². The predicted molar refractivity (Wildman–Crippen MR) is 115 cm³/mol. The van der Waals surface area contributed by atoms with E-state index in [1.165, 1.54) is 23.1 Å². The van der Waals surface area contributed by atoms with Crippen LogP contribution in [0.3, 0.4) is 0 Å². The fourth-order valence-electron chi connectivity index (χ4n) is 4.36. The number of halogens is 3. The average Bonchev–Trinajstić information content (AvgIpc) is 3.06. The van der Waals surface area contributed by atoms with Crippen LogP contribution in [0.4, 0.5) is 13.2 Å². The molecule has 1 saturated carbocycles. The zero-order chi connectivity index (χ0) is 23.2. The van der Waals surface area contributed by atoms with Crippen molar-refractivity contribution in [3.8, 4) is 11.3 Å². The number of nitrogens with zero attached hydrogens (tertiary/aromatic N) is 1. The van der Waals surface area contributed by atoms with Gasteiger partial charge in [0.15, 0.2) is 0 Å². The minimum absolute atomic E-state index is 0.111. The lowest BCUT2D eigenvalue weighted by atomic mass is 9.69. The molecule has 2 aromatic carbocycles. The fourth-order valence-corrected chi connectivity index (χ4v) is 4.36. The highest BCUT2D eigenvalue weighted by atomic mass is 19.1. The van der Waals surface area contributed by atoms with E-state index >= 15 is 0 Å². The molecule has 0 bridgehead atoms. The smallest absolute Gasteiger partial charge is 0.244 e. The number of likely N-dealkylation sites (N-methyl/N-ethyl adjacent to an activating group) is 1. The molecular weight excluding hydrogens is 419 g/mol. The highest BCUT2D eigenvalue weighted by molar-refractivity contribution is 5.93. The first kappa shape index (κ1) is 21.9. The molecule has 1 heterocycles. The Kier molecular flexibility index (Phi) is 5.71. The number of carbonyl (C=O) groups is 2. The van der Waals surface area contributed by atoms with Gasteiger partial charge in [-0.2, -0.15) is 0 Å². The molecule has 2 N–H and O–H groups in total. The predicted octanol–water partition coefficient (Wildman–Crippen LogP) is 4.34. The number of aromatic nitrogens is 1. The third-order valence-electron chi connectivity index (χ3n) is 6.08. The first-order valence-corrected chi connectivity index (χ1v) is 10.4. The minimum atomic E-state index is -0.709. The van der Waals surface area contributed by atoms with Crippen LogP contribution in [0, 0.1) is 23.4 Å². The molecule has 4 rings (SSSR count). The van der Waals surface area contributed by atoms with Gasteiger partial charge in [0.2, 0.25) is 11.8 Å². The second-order valence-electron chi connectivity index (χ2n) is 8.56. The third-order valence-corrected chi connectivity index (χ3v) is 6.08. The van der Waals surface area contributed by atoms with Crippen molar-refractivity contribution in [1.82, 2.24) is 15.2 Å². The van der Waals surface area contributed by atoms with Crippen molar-refractivity contribution in [3.05, 3.63) is 59.4 Å². The second kappa shape index (κ2) is 8.33. The molecule has 32 heavy (non-hydrogen) atoms. The maximum atomic E-state index is 14.5. The molecule has 5 nitrogen and oxygen atoms in total. The van der Waals surface area contributed by atoms with Gasteiger partial charge in [0.05, 0.1) is 11.2 Å². The topological polar surface area (TPSA) is 65.2 Å². The van der Waals surface area contributed by atoms with Gasteiger partial charge in [0.25, 0.3) is 0 Å². The number of H-pyrrole nitrogens is 1. The van der Waals surface area contributed by atoms with Crippen molar-refractivity contribution in [2.45, 2.75) is 31.7 Å². The monoisotopic (exact) mass is 443 g/mol. The molecule has 0 saturated heterocycles. The van der Waals surface area contributed by atoms with E-state index in [0.29, 0.717) is 35.0 Å². The van der Waals surface area contributed by atoms with E-state index in [0.717, 1.165) is 6.07 Å². The summed E-state index contributed by atoms with van der Waals surface area (Å²) in [5, 5.41) is 3.16. The van der Waals surface area contributed by atoms with E-state index in [4.69, 9.17) is 0 Å². The number of carbonyl (C=O) groups excluding carboxylic acids is 2. The number of amides is 2. The van der Waals surface area contributed by atoms with Crippen molar-refractivity contribution in [3.63, 3.8) is 0 Å². The Hall–Kier alpha value is -3.29. The van der Waals surface area contributed by atoms with Gasteiger partial charge in [-0.1, -0.05) is 0 Å². The maximum Gasteiger partial charge on any atom is 0.244 e. The quantitative estimate of drug-likeness (QED) is 0.616. The Labute approximate surface area is 183 Å². The molecule has 8 heteroatoms. The average molecular weight is 443 g/mol. The van der Waals surface area contributed by atoms with E-state index < -0.39 is 23.5 Å². The number of hydrogen-bond acceptors (Lipinski definition) is 2. The Morgan fingerprint density at radius 1 is 1.06 bits per heavy atom. The van der Waals surface area contributed by atoms with Crippen LogP contribution in [0.15, 0.2) is 36.4 Å². The Balaban J connectivity index is 1.62. The highest BCUT2D eigenvalue weighted by Crippen LogP contribution is 2.48. The normalized spacial score (nSPS) is 18.8. The molecule has 2 amide bonds. The van der Waals surface area contributed by atoms with Crippen LogP contribution in [0.5, 0.6) is 0 Å². The summed E-state index contributed by atoms with van der Waals surface area (Å²) in [6.07, 6.45) is 0.960. The zero-order valence-electron chi connectivity index (χ0n) is 18.0. The minimum Gasteiger partial charge on any atom is -0.352 e. The first-order valence-electron chi connectivity index (χ1n) is 10.4. The van der Waals surface area contributed by atoms with E-state index in [1.807, 2.05) is 0 Å². The van der Waals surface area contributed by atoms with Crippen LogP contribution in [-0.4, -0.2) is 41.8 Å². The maximum absolute atomic E-state index is 14.5. The lowest BCUT2D eigenvalue weighted by molar-refractivity contribution is -0.136. The fraction of sp³-hybridized carbons (Fsp3) is 0.333. The van der Waals surface area contributed by atoms with E-state index in [1.54, 1.807) is 33.2 Å². The molecule has 0 unspecified atom stereocenters. The number of hydrogen-bond donors (Lipinski definition) is 2. The van der Waals surface area contributed by atoms with Crippen LogP contribution in [0.2, 0.25) is 0 Å². The van der Waals surface area contributed by atoms with Crippen molar-refractivity contribution in [2.24, 2.45) is 5.92 Å². The molecular formula is C24H24F3N3O2. The summed E-state index contributed by atoms with van der Waals surface area (Å²) in [7, 11) is 3.24. The molecule has 0 aliphatic heterocycles. The molecule has 1 fully saturated rings. The summed E-state index contributed by atoms with van der Waals surface area (Å²) in [5.74, 6) is -2.63. The van der Waals surface area contributed by atoms with Gasteiger partial charge in [-0.3, -0.25) is 9.59 Å². The zero-order valence-corrected chi connectivity index (χ0v) is 18.0. The van der Waals surface area contributed by atoms with Crippen molar-refractivity contribution in [1.29, 1.82) is 0 Å². The Bertz CT molecular complexity index is 1180. The van der Waals surface area contributed by atoms with Gasteiger partial charge in [-0.15, -0.1) is 0 Å². The molecule has 1 aromatic heterocycles. The summed E-state index contributed by atoms with van der Waals surface area (Å²) in [6, 6.07) is 7.23. The van der Waals surface area contributed by atoms with Gasteiger partial charge >= 0.3 is 0 Å². The SMILES string of the molecule is C[C@H](NC(=O)C1CC(c2c(-c3ccc(F)cc3)[nH]c3c(F)cc(F)cc23)C1)C(=O)N(C)C. The lowest BCUT2D eigenvalue weighted by Crippen LogP contribution is -2.48. The molecule has 0 radical (unpaired) electrons. The number of rotatable bonds is 5. The van der Waals surface area contributed by atoms with E-state index in [-0.39, 0.29) is 29.2 Å².